The highest BCUT2D eigenvalue weighted by Crippen LogP contribution is 2.23. The number of amides is 1. The second-order valence-electron chi connectivity index (χ2n) is 4.18. The lowest BCUT2D eigenvalue weighted by Gasteiger charge is -2.25. The van der Waals surface area contributed by atoms with Crippen molar-refractivity contribution in [1.29, 1.82) is 0 Å². The number of carbonyl (C=O) groups excluding carboxylic acids is 1. The molecule has 0 bridgehead atoms. The molecule has 1 atom stereocenters. The van der Waals surface area contributed by atoms with Crippen LogP contribution >= 0.6 is 31.9 Å². The Balaban J connectivity index is 2.87. The van der Waals surface area contributed by atoms with E-state index in [0.29, 0.717) is 12.0 Å². The minimum absolute atomic E-state index is 0.0991. The summed E-state index contributed by atoms with van der Waals surface area (Å²) >= 11 is 6.70. The van der Waals surface area contributed by atoms with Gasteiger partial charge < -0.3 is 15.8 Å². The molecule has 0 aliphatic rings. The number of carbonyl (C=O) groups is 1. The summed E-state index contributed by atoms with van der Waals surface area (Å²) in [7, 11) is 1.69. The van der Waals surface area contributed by atoms with E-state index in [9.17, 15) is 4.79 Å². The van der Waals surface area contributed by atoms with Crippen molar-refractivity contribution in [3.8, 4) is 0 Å². The van der Waals surface area contributed by atoms with Crippen LogP contribution in [0.5, 0.6) is 0 Å². The third kappa shape index (κ3) is 4.21. The molecule has 5 nitrogen and oxygen atoms in total. The first-order valence-electron chi connectivity index (χ1n) is 5.55. The van der Waals surface area contributed by atoms with E-state index in [1.807, 2.05) is 13.0 Å². The highest BCUT2D eigenvalue weighted by atomic mass is 79.9. The van der Waals surface area contributed by atoms with Crippen LogP contribution in [-0.2, 0) is 0 Å². The number of amidine groups is 1. The second kappa shape index (κ2) is 6.91. The fraction of sp³-hybridized carbons (Fsp3) is 0.333. The molecule has 0 aromatic heterocycles. The first kappa shape index (κ1) is 16.0. The van der Waals surface area contributed by atoms with Crippen molar-refractivity contribution in [3.05, 3.63) is 32.7 Å². The van der Waals surface area contributed by atoms with Gasteiger partial charge in [-0.3, -0.25) is 4.79 Å². The largest absolute Gasteiger partial charge is 0.409 e. The van der Waals surface area contributed by atoms with Crippen LogP contribution < -0.4 is 5.73 Å². The van der Waals surface area contributed by atoms with Gasteiger partial charge in [0.1, 0.15) is 5.84 Å². The van der Waals surface area contributed by atoms with Crippen LogP contribution in [0.25, 0.3) is 0 Å². The van der Waals surface area contributed by atoms with Crippen molar-refractivity contribution < 1.29 is 10.0 Å². The summed E-state index contributed by atoms with van der Waals surface area (Å²) in [6, 6.07) is 5.19. The molecule has 0 radical (unpaired) electrons. The molecule has 0 aliphatic heterocycles. The van der Waals surface area contributed by atoms with E-state index in [-0.39, 0.29) is 17.8 Å². The Bertz CT molecular complexity index is 506. The van der Waals surface area contributed by atoms with Crippen LogP contribution in [0.15, 0.2) is 32.3 Å². The van der Waals surface area contributed by atoms with Crippen molar-refractivity contribution in [2.45, 2.75) is 19.4 Å². The van der Waals surface area contributed by atoms with Crippen LogP contribution in [0, 0.1) is 0 Å². The van der Waals surface area contributed by atoms with Gasteiger partial charge in [0.2, 0.25) is 0 Å². The Labute approximate surface area is 128 Å². The Hall–Kier alpha value is -1.08. The predicted octanol–water partition coefficient (Wildman–Crippen LogP) is 2.81. The summed E-state index contributed by atoms with van der Waals surface area (Å²) in [5, 5.41) is 11.5. The normalized spacial score (nSPS) is 13.2. The van der Waals surface area contributed by atoms with Crippen molar-refractivity contribution in [2.24, 2.45) is 10.9 Å². The molecule has 3 N–H and O–H groups in total. The molecule has 1 unspecified atom stereocenters. The number of hydrogen-bond acceptors (Lipinski definition) is 3. The molecule has 0 spiro atoms. The molecule has 0 saturated heterocycles. The van der Waals surface area contributed by atoms with E-state index in [1.54, 1.807) is 24.1 Å². The summed E-state index contributed by atoms with van der Waals surface area (Å²) in [6.45, 7) is 1.84. The van der Waals surface area contributed by atoms with Gasteiger partial charge in [0.15, 0.2) is 0 Å². The molecule has 19 heavy (non-hydrogen) atoms. The zero-order chi connectivity index (χ0) is 14.6. The van der Waals surface area contributed by atoms with Gasteiger partial charge in [0.25, 0.3) is 5.91 Å². The molecule has 0 aliphatic carbocycles. The van der Waals surface area contributed by atoms with Crippen LogP contribution in [0.4, 0.5) is 0 Å². The molecule has 104 valence electrons. The molecule has 7 heteroatoms. The van der Waals surface area contributed by atoms with Crippen molar-refractivity contribution >= 4 is 43.6 Å². The topological polar surface area (TPSA) is 78.9 Å². The summed E-state index contributed by atoms with van der Waals surface area (Å²) in [5.41, 5.74) is 6.01. The van der Waals surface area contributed by atoms with Crippen LogP contribution in [0.2, 0.25) is 0 Å². The predicted molar refractivity (Wildman–Crippen MR) is 81.4 cm³/mol. The highest BCUT2D eigenvalue weighted by molar-refractivity contribution is 9.11. The number of nitrogens with two attached hydrogens (primary N) is 1. The third-order valence-electron chi connectivity index (χ3n) is 2.78. The van der Waals surface area contributed by atoms with Gasteiger partial charge >= 0.3 is 0 Å². The molecule has 1 aromatic rings. The van der Waals surface area contributed by atoms with Gasteiger partial charge in [-0.15, -0.1) is 0 Å². The van der Waals surface area contributed by atoms with Gasteiger partial charge in [-0.25, -0.2) is 0 Å². The van der Waals surface area contributed by atoms with Gasteiger partial charge in [-0.05, 0) is 41.1 Å². The number of benzene rings is 1. The zero-order valence-corrected chi connectivity index (χ0v) is 13.8. The molecular weight excluding hydrogens is 378 g/mol. The van der Waals surface area contributed by atoms with Crippen LogP contribution in [0.3, 0.4) is 0 Å². The van der Waals surface area contributed by atoms with Crippen LogP contribution in [-0.4, -0.2) is 34.9 Å². The van der Waals surface area contributed by atoms with Crippen molar-refractivity contribution in [1.82, 2.24) is 4.90 Å². The summed E-state index contributed by atoms with van der Waals surface area (Å²) < 4.78 is 1.61. The quantitative estimate of drug-likeness (QED) is 0.358. The summed E-state index contributed by atoms with van der Waals surface area (Å²) in [4.78, 5) is 13.9. The molecular formula is C12H15Br2N3O2. The Kier molecular flexibility index (Phi) is 5.81. The van der Waals surface area contributed by atoms with Crippen LogP contribution in [0.1, 0.15) is 23.7 Å². The standard InChI is InChI=1S/C12H15Br2N3O2/c1-7(5-11(15)16-19)17(2)12(18)9-4-3-8(13)6-10(9)14/h3-4,6-7,19H,5H2,1-2H3,(H2,15,16). The first-order chi connectivity index (χ1) is 8.86. The SMILES string of the molecule is CC(C/C(N)=N/O)N(C)C(=O)c1ccc(Br)cc1Br. The lowest BCUT2D eigenvalue weighted by atomic mass is 10.1. The average molecular weight is 393 g/mol. The Morgan fingerprint density at radius 1 is 1.53 bits per heavy atom. The number of rotatable bonds is 4. The van der Waals surface area contributed by atoms with Crippen molar-refractivity contribution in [3.63, 3.8) is 0 Å². The minimum atomic E-state index is -0.168. The van der Waals surface area contributed by atoms with E-state index < -0.39 is 0 Å². The first-order valence-corrected chi connectivity index (χ1v) is 7.14. The maximum absolute atomic E-state index is 12.3. The zero-order valence-electron chi connectivity index (χ0n) is 10.6. The minimum Gasteiger partial charge on any atom is -0.409 e. The second-order valence-corrected chi connectivity index (χ2v) is 5.95. The van der Waals surface area contributed by atoms with Gasteiger partial charge in [-0.2, -0.15) is 0 Å². The highest BCUT2D eigenvalue weighted by Gasteiger charge is 2.20. The molecule has 0 heterocycles. The van der Waals surface area contributed by atoms with Gasteiger partial charge in [0.05, 0.1) is 5.56 Å². The number of oxime groups is 1. The molecule has 1 amide bonds. The van der Waals surface area contributed by atoms with Gasteiger partial charge in [0, 0.05) is 28.5 Å². The molecule has 0 saturated carbocycles. The molecule has 1 rings (SSSR count). The van der Waals surface area contributed by atoms with E-state index in [2.05, 4.69) is 37.0 Å². The summed E-state index contributed by atoms with van der Waals surface area (Å²) in [6.07, 6.45) is 0.312. The third-order valence-corrected chi connectivity index (χ3v) is 3.93. The lowest BCUT2D eigenvalue weighted by Crippen LogP contribution is -2.38. The van der Waals surface area contributed by atoms with E-state index >= 15 is 0 Å². The van der Waals surface area contributed by atoms with E-state index in [4.69, 9.17) is 10.9 Å². The fourth-order valence-electron chi connectivity index (χ4n) is 1.53. The molecule has 0 fully saturated rings. The lowest BCUT2D eigenvalue weighted by molar-refractivity contribution is 0.0746. The smallest absolute Gasteiger partial charge is 0.254 e. The monoisotopic (exact) mass is 391 g/mol. The fourth-order valence-corrected chi connectivity index (χ4v) is 2.75. The van der Waals surface area contributed by atoms with Crippen molar-refractivity contribution in [2.75, 3.05) is 7.05 Å². The van der Waals surface area contributed by atoms with E-state index in [0.717, 1.165) is 8.95 Å². The van der Waals surface area contributed by atoms with Gasteiger partial charge in [-0.1, -0.05) is 21.1 Å². The number of hydrogen-bond donors (Lipinski definition) is 2. The number of nitrogens with zero attached hydrogens (tertiary/aromatic N) is 2. The Morgan fingerprint density at radius 2 is 2.16 bits per heavy atom. The molecule has 1 aromatic carbocycles. The van der Waals surface area contributed by atoms with E-state index in [1.165, 1.54) is 0 Å². The maximum Gasteiger partial charge on any atom is 0.254 e. The maximum atomic E-state index is 12.3. The average Bonchev–Trinajstić information content (AvgIpc) is 2.36. The Morgan fingerprint density at radius 3 is 2.68 bits per heavy atom. The summed E-state index contributed by atoms with van der Waals surface area (Å²) in [5.74, 6) is -0.0281. The number of halogens is 2.